The predicted molar refractivity (Wildman–Crippen MR) is 122 cm³/mol. The highest BCUT2D eigenvalue weighted by atomic mass is 127. The van der Waals surface area contributed by atoms with Gasteiger partial charge in [0, 0.05) is 40.0 Å². The molecular weight excluding hydrogens is 457 g/mol. The van der Waals surface area contributed by atoms with Crippen LogP contribution in [-0.4, -0.2) is 53.1 Å². The first-order chi connectivity index (χ1) is 12.8. The second-order valence-electron chi connectivity index (χ2n) is 5.97. The molecule has 0 heterocycles. The van der Waals surface area contributed by atoms with Crippen molar-refractivity contribution in [2.75, 3.05) is 47.1 Å². The van der Waals surface area contributed by atoms with Crippen LogP contribution in [0.1, 0.15) is 38.2 Å². The van der Waals surface area contributed by atoms with Gasteiger partial charge in [0.05, 0.1) is 13.7 Å². The molecule has 0 bridgehead atoms. The fourth-order valence-electron chi connectivity index (χ4n) is 2.36. The number of halogens is 1. The van der Waals surface area contributed by atoms with Gasteiger partial charge in [-0.1, -0.05) is 12.1 Å². The second kappa shape index (κ2) is 18.3. The van der Waals surface area contributed by atoms with Gasteiger partial charge in [0.2, 0.25) is 0 Å². The molecule has 0 spiro atoms. The second-order valence-corrected chi connectivity index (χ2v) is 5.97. The largest absolute Gasteiger partial charge is 0.497 e. The van der Waals surface area contributed by atoms with Crippen molar-refractivity contribution in [2.24, 2.45) is 4.99 Å². The molecule has 1 rings (SSSR count). The number of unbranched alkanes of at least 4 members (excludes halogenated alkanes) is 2. The lowest BCUT2D eigenvalue weighted by Crippen LogP contribution is -2.38. The zero-order valence-corrected chi connectivity index (χ0v) is 19.3. The fraction of sp³-hybridized carbons (Fsp3) is 0.650. The van der Waals surface area contributed by atoms with Crippen LogP contribution in [0, 0.1) is 0 Å². The van der Waals surface area contributed by atoms with Crippen molar-refractivity contribution in [1.82, 2.24) is 10.6 Å². The minimum Gasteiger partial charge on any atom is -0.497 e. The van der Waals surface area contributed by atoms with Gasteiger partial charge >= 0.3 is 0 Å². The summed E-state index contributed by atoms with van der Waals surface area (Å²) in [6.45, 7) is 6.76. The average molecular weight is 493 g/mol. The summed E-state index contributed by atoms with van der Waals surface area (Å²) in [5.74, 6) is 1.71. The van der Waals surface area contributed by atoms with E-state index in [0.717, 1.165) is 75.9 Å². The lowest BCUT2D eigenvalue weighted by Gasteiger charge is -2.13. The third kappa shape index (κ3) is 13.7. The van der Waals surface area contributed by atoms with Crippen LogP contribution in [0.3, 0.4) is 0 Å². The molecule has 0 aliphatic heterocycles. The van der Waals surface area contributed by atoms with Gasteiger partial charge in [-0.3, -0.25) is 0 Å². The molecule has 1 aromatic carbocycles. The van der Waals surface area contributed by atoms with Crippen LogP contribution >= 0.6 is 24.0 Å². The highest BCUT2D eigenvalue weighted by molar-refractivity contribution is 14.0. The Labute approximate surface area is 181 Å². The Balaban J connectivity index is 0.00000676. The van der Waals surface area contributed by atoms with Crippen molar-refractivity contribution in [2.45, 2.75) is 39.2 Å². The minimum atomic E-state index is 0. The summed E-state index contributed by atoms with van der Waals surface area (Å²) < 4.78 is 15.7. The molecule has 1 aromatic rings. The molecule has 27 heavy (non-hydrogen) atoms. The standard InChI is InChI=1S/C20H35N3O3.HI/c1-4-26-16-8-14-22-20(21-13-6-5-7-15-24-2)23-17-18-9-11-19(25-3)12-10-18;/h9-12H,4-8,13-17H2,1-3H3,(H2,21,22,23);1H. The summed E-state index contributed by atoms with van der Waals surface area (Å²) in [6, 6.07) is 8.01. The Hall–Kier alpha value is -1.06. The maximum atomic E-state index is 5.38. The molecule has 156 valence electrons. The summed E-state index contributed by atoms with van der Waals surface area (Å²) in [7, 11) is 3.42. The summed E-state index contributed by atoms with van der Waals surface area (Å²) >= 11 is 0. The molecule has 0 amide bonds. The van der Waals surface area contributed by atoms with E-state index in [1.165, 1.54) is 0 Å². The van der Waals surface area contributed by atoms with E-state index >= 15 is 0 Å². The van der Waals surface area contributed by atoms with E-state index in [4.69, 9.17) is 14.2 Å². The number of hydrogen-bond acceptors (Lipinski definition) is 4. The smallest absolute Gasteiger partial charge is 0.191 e. The van der Waals surface area contributed by atoms with Crippen molar-refractivity contribution < 1.29 is 14.2 Å². The van der Waals surface area contributed by atoms with Gasteiger partial charge in [0.1, 0.15) is 5.75 Å². The highest BCUT2D eigenvalue weighted by Gasteiger charge is 2.00. The van der Waals surface area contributed by atoms with Crippen molar-refractivity contribution in [3.8, 4) is 5.75 Å². The normalized spacial score (nSPS) is 11.0. The zero-order valence-electron chi connectivity index (χ0n) is 17.0. The molecule has 0 aliphatic carbocycles. The number of guanidine groups is 1. The molecular formula is C20H36IN3O3. The maximum absolute atomic E-state index is 5.38. The summed E-state index contributed by atoms with van der Waals surface area (Å²) in [5.41, 5.74) is 1.15. The van der Waals surface area contributed by atoms with Crippen molar-refractivity contribution in [3.05, 3.63) is 29.8 Å². The van der Waals surface area contributed by atoms with Gasteiger partial charge in [0.15, 0.2) is 5.96 Å². The maximum Gasteiger partial charge on any atom is 0.191 e. The van der Waals surface area contributed by atoms with Gasteiger partial charge < -0.3 is 24.8 Å². The third-order valence-corrected chi connectivity index (χ3v) is 3.86. The molecule has 0 aromatic heterocycles. The van der Waals surface area contributed by atoms with Crippen molar-refractivity contribution in [3.63, 3.8) is 0 Å². The lowest BCUT2D eigenvalue weighted by molar-refractivity contribution is 0.145. The van der Waals surface area contributed by atoms with Crippen LogP contribution < -0.4 is 15.4 Å². The number of aliphatic imine (C=N–C) groups is 1. The van der Waals surface area contributed by atoms with Crippen LogP contribution in [0.15, 0.2) is 29.3 Å². The molecule has 0 aliphatic rings. The quantitative estimate of drug-likeness (QED) is 0.180. The Morgan fingerprint density at radius 3 is 2.26 bits per heavy atom. The van der Waals surface area contributed by atoms with E-state index in [-0.39, 0.29) is 24.0 Å². The number of benzene rings is 1. The van der Waals surface area contributed by atoms with Crippen molar-refractivity contribution >= 4 is 29.9 Å². The number of methoxy groups -OCH3 is 2. The molecule has 6 nitrogen and oxygen atoms in total. The summed E-state index contributed by atoms with van der Waals surface area (Å²) in [5, 5.41) is 6.80. The third-order valence-electron chi connectivity index (χ3n) is 3.86. The van der Waals surface area contributed by atoms with Gasteiger partial charge in [0.25, 0.3) is 0 Å². The van der Waals surface area contributed by atoms with E-state index in [0.29, 0.717) is 6.54 Å². The molecule has 0 atom stereocenters. The van der Waals surface area contributed by atoms with E-state index in [1.807, 2.05) is 31.2 Å². The Kier molecular flexibility index (Phi) is 17.6. The van der Waals surface area contributed by atoms with Gasteiger partial charge in [-0.15, -0.1) is 24.0 Å². The first-order valence-electron chi connectivity index (χ1n) is 9.52. The molecule has 0 saturated carbocycles. The Bertz CT molecular complexity index is 484. The zero-order chi connectivity index (χ0) is 18.9. The topological polar surface area (TPSA) is 64.1 Å². The molecule has 0 saturated heterocycles. The molecule has 0 radical (unpaired) electrons. The van der Waals surface area contributed by atoms with Crippen LogP contribution in [0.2, 0.25) is 0 Å². The van der Waals surface area contributed by atoms with E-state index < -0.39 is 0 Å². The van der Waals surface area contributed by atoms with Gasteiger partial charge in [-0.25, -0.2) is 4.99 Å². The summed E-state index contributed by atoms with van der Waals surface area (Å²) in [6.07, 6.45) is 4.31. The van der Waals surface area contributed by atoms with Crippen LogP contribution in [0.25, 0.3) is 0 Å². The number of hydrogen-bond donors (Lipinski definition) is 2. The molecule has 0 unspecified atom stereocenters. The molecule has 0 fully saturated rings. The number of rotatable bonds is 14. The van der Waals surface area contributed by atoms with Crippen LogP contribution in [0.4, 0.5) is 0 Å². The first-order valence-corrected chi connectivity index (χ1v) is 9.52. The Morgan fingerprint density at radius 2 is 1.63 bits per heavy atom. The summed E-state index contributed by atoms with van der Waals surface area (Å²) in [4.78, 5) is 4.69. The molecule has 7 heteroatoms. The minimum absolute atomic E-state index is 0. The first kappa shape index (κ1) is 25.9. The SMILES string of the molecule is CCOCCCNC(=NCc1ccc(OC)cc1)NCCCCCOC.I. The van der Waals surface area contributed by atoms with Crippen LogP contribution in [-0.2, 0) is 16.0 Å². The average Bonchev–Trinajstić information content (AvgIpc) is 2.68. The highest BCUT2D eigenvalue weighted by Crippen LogP contribution is 2.11. The molecule has 2 N–H and O–H groups in total. The van der Waals surface area contributed by atoms with E-state index in [1.54, 1.807) is 14.2 Å². The Morgan fingerprint density at radius 1 is 0.926 bits per heavy atom. The number of nitrogens with zero attached hydrogens (tertiary/aromatic N) is 1. The van der Waals surface area contributed by atoms with Gasteiger partial charge in [-0.05, 0) is 50.3 Å². The monoisotopic (exact) mass is 493 g/mol. The van der Waals surface area contributed by atoms with E-state index in [2.05, 4.69) is 15.6 Å². The number of nitrogens with one attached hydrogen (secondary N) is 2. The fourth-order valence-corrected chi connectivity index (χ4v) is 2.36. The number of ether oxygens (including phenoxy) is 3. The van der Waals surface area contributed by atoms with Crippen molar-refractivity contribution in [1.29, 1.82) is 0 Å². The van der Waals surface area contributed by atoms with Crippen LogP contribution in [0.5, 0.6) is 5.75 Å². The lowest BCUT2D eigenvalue weighted by atomic mass is 10.2. The van der Waals surface area contributed by atoms with Gasteiger partial charge in [-0.2, -0.15) is 0 Å². The van der Waals surface area contributed by atoms with E-state index in [9.17, 15) is 0 Å². The predicted octanol–water partition coefficient (Wildman–Crippen LogP) is 3.59.